The molecule has 0 aliphatic carbocycles. The van der Waals surface area contributed by atoms with Crippen molar-refractivity contribution >= 4 is 20.1 Å². The third-order valence-corrected chi connectivity index (χ3v) is 3.45. The predicted molar refractivity (Wildman–Crippen MR) is 53.3 cm³/mol. The molecule has 0 atom stereocenters. The molecular formula is C8H9FO4S2. The van der Waals surface area contributed by atoms with Crippen LogP contribution in [0.2, 0.25) is 0 Å². The summed E-state index contributed by atoms with van der Waals surface area (Å²) in [6, 6.07) is 5.19. The zero-order chi connectivity index (χ0) is 11.7. The highest BCUT2D eigenvalue weighted by Gasteiger charge is 2.12. The fourth-order valence-electron chi connectivity index (χ4n) is 1.06. The van der Waals surface area contributed by atoms with Crippen molar-refractivity contribution in [3.8, 4) is 0 Å². The van der Waals surface area contributed by atoms with E-state index in [2.05, 4.69) is 0 Å². The van der Waals surface area contributed by atoms with E-state index < -0.39 is 25.8 Å². The Morgan fingerprint density at radius 2 is 1.80 bits per heavy atom. The van der Waals surface area contributed by atoms with Gasteiger partial charge in [0.1, 0.15) is 5.75 Å². The Hall–Kier alpha value is -0.950. The Kier molecular flexibility index (Phi) is 3.15. The maximum Gasteiger partial charge on any atom is 0.306 e. The smallest absolute Gasteiger partial charge is 0.224 e. The lowest BCUT2D eigenvalue weighted by molar-refractivity contribution is 0.551. The first-order valence-corrected chi connectivity index (χ1v) is 7.34. The summed E-state index contributed by atoms with van der Waals surface area (Å²) in [7, 11) is -8.03. The number of hydrogen-bond acceptors (Lipinski definition) is 4. The number of sulfone groups is 1. The van der Waals surface area contributed by atoms with Gasteiger partial charge >= 0.3 is 10.2 Å². The number of rotatable bonds is 3. The number of halogens is 1. The van der Waals surface area contributed by atoms with Crippen LogP contribution in [0.15, 0.2) is 29.2 Å². The molecule has 0 N–H and O–H groups in total. The molecule has 1 aromatic rings. The second-order valence-electron chi connectivity index (χ2n) is 3.10. The Bertz CT molecular complexity index is 560. The van der Waals surface area contributed by atoms with E-state index in [-0.39, 0.29) is 10.5 Å². The highest BCUT2D eigenvalue weighted by molar-refractivity contribution is 7.90. The quantitative estimate of drug-likeness (QED) is 0.749. The van der Waals surface area contributed by atoms with Crippen LogP contribution in [0.3, 0.4) is 0 Å². The van der Waals surface area contributed by atoms with Crippen LogP contribution in [-0.2, 0) is 25.8 Å². The minimum Gasteiger partial charge on any atom is -0.224 e. The summed E-state index contributed by atoms with van der Waals surface area (Å²) in [6.07, 6.45) is 0.996. The Morgan fingerprint density at radius 3 is 2.27 bits per heavy atom. The van der Waals surface area contributed by atoms with Gasteiger partial charge in [0, 0.05) is 6.26 Å². The summed E-state index contributed by atoms with van der Waals surface area (Å²) in [5, 5.41) is 0. The van der Waals surface area contributed by atoms with Crippen molar-refractivity contribution in [1.82, 2.24) is 0 Å². The summed E-state index contributed by atoms with van der Waals surface area (Å²) >= 11 is 0. The molecule has 4 nitrogen and oxygen atoms in total. The van der Waals surface area contributed by atoms with Crippen molar-refractivity contribution in [2.24, 2.45) is 0 Å². The van der Waals surface area contributed by atoms with E-state index in [4.69, 9.17) is 0 Å². The normalized spacial score (nSPS) is 12.7. The Morgan fingerprint density at radius 1 is 1.20 bits per heavy atom. The molecule has 15 heavy (non-hydrogen) atoms. The molecule has 1 aromatic carbocycles. The monoisotopic (exact) mass is 252 g/mol. The molecule has 0 aliphatic heterocycles. The third kappa shape index (κ3) is 3.96. The Labute approximate surface area is 87.9 Å². The summed E-state index contributed by atoms with van der Waals surface area (Å²) in [6.45, 7) is 0. The van der Waals surface area contributed by atoms with E-state index in [0.29, 0.717) is 0 Å². The molecule has 84 valence electrons. The van der Waals surface area contributed by atoms with E-state index in [0.717, 1.165) is 12.3 Å². The van der Waals surface area contributed by atoms with Crippen molar-refractivity contribution < 1.29 is 20.7 Å². The van der Waals surface area contributed by atoms with Gasteiger partial charge in [0.2, 0.25) is 0 Å². The van der Waals surface area contributed by atoms with Crippen molar-refractivity contribution in [2.75, 3.05) is 6.26 Å². The van der Waals surface area contributed by atoms with E-state index in [1.807, 2.05) is 0 Å². The fourth-order valence-corrected chi connectivity index (χ4v) is 2.33. The van der Waals surface area contributed by atoms with Crippen molar-refractivity contribution in [2.45, 2.75) is 10.6 Å². The van der Waals surface area contributed by atoms with Crippen LogP contribution >= 0.6 is 0 Å². The van der Waals surface area contributed by atoms with Crippen LogP contribution in [0.1, 0.15) is 5.56 Å². The first-order chi connectivity index (χ1) is 6.68. The van der Waals surface area contributed by atoms with Crippen molar-refractivity contribution in [3.63, 3.8) is 0 Å². The maximum absolute atomic E-state index is 12.3. The van der Waals surface area contributed by atoms with Gasteiger partial charge in [-0.2, -0.15) is 8.42 Å². The number of benzene rings is 1. The van der Waals surface area contributed by atoms with Crippen LogP contribution in [0.4, 0.5) is 3.89 Å². The van der Waals surface area contributed by atoms with Gasteiger partial charge in [0.15, 0.2) is 9.84 Å². The van der Waals surface area contributed by atoms with Gasteiger partial charge in [0.05, 0.1) is 4.90 Å². The molecule has 0 heterocycles. The second kappa shape index (κ2) is 3.90. The minimum absolute atomic E-state index is 0.0244. The summed E-state index contributed by atoms with van der Waals surface area (Å²) in [5.41, 5.74) is 0.112. The molecule has 0 aliphatic rings. The first-order valence-electron chi connectivity index (χ1n) is 3.90. The van der Waals surface area contributed by atoms with Crippen molar-refractivity contribution in [1.29, 1.82) is 0 Å². The lowest BCUT2D eigenvalue weighted by atomic mass is 10.2. The second-order valence-corrected chi connectivity index (χ2v) is 6.48. The summed E-state index contributed by atoms with van der Waals surface area (Å²) < 4.78 is 55.2. The zero-order valence-corrected chi connectivity index (χ0v) is 9.48. The topological polar surface area (TPSA) is 68.3 Å². The molecule has 7 heteroatoms. The van der Waals surface area contributed by atoms with Gasteiger partial charge in [-0.1, -0.05) is 12.1 Å². The highest BCUT2D eigenvalue weighted by atomic mass is 32.3. The van der Waals surface area contributed by atoms with Gasteiger partial charge in [-0.25, -0.2) is 8.42 Å². The maximum atomic E-state index is 12.3. The van der Waals surface area contributed by atoms with Crippen LogP contribution in [0, 0.1) is 0 Å². The molecule has 1 rings (SSSR count). The average molecular weight is 252 g/mol. The van der Waals surface area contributed by atoms with E-state index in [1.165, 1.54) is 18.2 Å². The van der Waals surface area contributed by atoms with Gasteiger partial charge in [-0.3, -0.25) is 0 Å². The zero-order valence-electron chi connectivity index (χ0n) is 7.84. The molecule has 0 radical (unpaired) electrons. The average Bonchev–Trinajstić information content (AvgIpc) is 1.99. The van der Waals surface area contributed by atoms with Gasteiger partial charge in [-0.15, -0.1) is 3.89 Å². The van der Waals surface area contributed by atoms with Crippen LogP contribution < -0.4 is 0 Å². The van der Waals surface area contributed by atoms with Crippen LogP contribution in [0.25, 0.3) is 0 Å². The number of hydrogen-bond donors (Lipinski definition) is 0. The predicted octanol–water partition coefficient (Wildman–Crippen LogP) is 0.889. The fraction of sp³-hybridized carbons (Fsp3) is 0.250. The van der Waals surface area contributed by atoms with Gasteiger partial charge in [-0.05, 0) is 17.7 Å². The standard InChI is InChI=1S/C8H9FO4S2/c1-14(10,11)8-4-2-3-7(5-8)6-15(9,12)13/h2-5H,6H2,1H3. The van der Waals surface area contributed by atoms with Gasteiger partial charge < -0.3 is 0 Å². The molecule has 0 saturated carbocycles. The van der Waals surface area contributed by atoms with Crippen molar-refractivity contribution in [3.05, 3.63) is 29.8 Å². The molecule has 0 saturated heterocycles. The lowest BCUT2D eigenvalue weighted by Gasteiger charge is -2.01. The van der Waals surface area contributed by atoms with Crippen LogP contribution in [-0.4, -0.2) is 23.1 Å². The SMILES string of the molecule is CS(=O)(=O)c1cccc(CS(=O)(=O)F)c1. The summed E-state index contributed by atoms with van der Waals surface area (Å²) in [5.74, 6) is -0.809. The Balaban J connectivity index is 3.15. The van der Waals surface area contributed by atoms with Crippen LogP contribution in [0.5, 0.6) is 0 Å². The first kappa shape index (κ1) is 12.1. The molecular weight excluding hydrogens is 243 g/mol. The van der Waals surface area contributed by atoms with E-state index in [9.17, 15) is 20.7 Å². The largest absolute Gasteiger partial charge is 0.306 e. The molecule has 0 amide bonds. The molecule has 0 spiro atoms. The summed E-state index contributed by atoms with van der Waals surface area (Å²) in [4.78, 5) is -0.0244. The lowest BCUT2D eigenvalue weighted by Crippen LogP contribution is -2.00. The molecule has 0 unspecified atom stereocenters. The van der Waals surface area contributed by atoms with Gasteiger partial charge in [0.25, 0.3) is 0 Å². The molecule has 0 aromatic heterocycles. The van der Waals surface area contributed by atoms with E-state index in [1.54, 1.807) is 0 Å². The minimum atomic E-state index is -4.63. The van der Waals surface area contributed by atoms with E-state index >= 15 is 0 Å². The highest BCUT2D eigenvalue weighted by Crippen LogP contribution is 2.14. The molecule has 0 bridgehead atoms. The third-order valence-electron chi connectivity index (χ3n) is 1.67. The molecule has 0 fully saturated rings.